The van der Waals surface area contributed by atoms with Crippen molar-refractivity contribution in [1.29, 1.82) is 0 Å². The number of anilines is 4. The molecular weight excluding hydrogens is 1250 g/mol. The van der Waals surface area contributed by atoms with Gasteiger partial charge in [-0.25, -0.2) is 9.36 Å². The lowest BCUT2D eigenvalue weighted by atomic mass is 10.0. The van der Waals surface area contributed by atoms with Crippen molar-refractivity contribution < 1.29 is 39.0 Å². The molecule has 2 saturated heterocycles. The number of Topliss-reactive ketones (excluding diaryl/α,β-unsaturated/α-hetero) is 1. The number of halogens is 3. The minimum absolute atomic E-state index is 0. The third-order valence-corrected chi connectivity index (χ3v) is 12.9. The number of amides is 5. The maximum absolute atomic E-state index is 13.7. The topological polar surface area (TPSA) is 218 Å². The van der Waals surface area contributed by atoms with E-state index in [9.17, 15) is 39.0 Å². The third-order valence-electron chi connectivity index (χ3n) is 12.9. The molecule has 0 saturated carbocycles. The van der Waals surface area contributed by atoms with Crippen LogP contribution in [0.5, 0.6) is 0 Å². The second-order valence-corrected chi connectivity index (χ2v) is 17.2. The Morgan fingerprint density at radius 3 is 1.18 bits per heavy atom. The first-order valence-electron chi connectivity index (χ1n) is 23.0. The Morgan fingerprint density at radius 1 is 0.507 bits per heavy atom. The van der Waals surface area contributed by atoms with Gasteiger partial charge in [0.1, 0.15) is 17.1 Å². The maximum Gasteiger partial charge on any atom is 0.277 e. The summed E-state index contributed by atoms with van der Waals surface area (Å²) >= 11 is 4.24. The monoisotopic (exact) mass is 1300 g/mol. The Hall–Kier alpha value is -5.57. The van der Waals surface area contributed by atoms with Crippen molar-refractivity contribution in [2.75, 3.05) is 45.8 Å². The van der Waals surface area contributed by atoms with Gasteiger partial charge in [0.2, 0.25) is 11.8 Å². The molecule has 71 heavy (non-hydrogen) atoms. The molecule has 6 heterocycles. The molecule has 20 heteroatoms. The number of aliphatic hydroxyl groups excluding tert-OH is 2. The van der Waals surface area contributed by atoms with Gasteiger partial charge in [-0.15, -0.1) is 24.0 Å². The van der Waals surface area contributed by atoms with E-state index in [-0.39, 0.29) is 72.3 Å². The van der Waals surface area contributed by atoms with Crippen molar-refractivity contribution in [2.45, 2.75) is 71.5 Å². The Balaban J connectivity index is 0.000000199. The van der Waals surface area contributed by atoms with E-state index < -0.39 is 5.91 Å². The summed E-state index contributed by atoms with van der Waals surface area (Å²) in [5.41, 5.74) is 13.6. The average molecular weight is 1300 g/mol. The molecule has 0 radical (unpaired) electrons. The van der Waals surface area contributed by atoms with Crippen LogP contribution in [-0.2, 0) is 35.6 Å². The predicted octanol–water partition coefficient (Wildman–Crippen LogP) is 7.86. The molecule has 4 N–H and O–H groups in total. The number of carbonyl (C=O) groups excluding carboxylic acids is 6. The van der Waals surface area contributed by atoms with E-state index in [4.69, 9.17) is 5.73 Å². The molecule has 2 fully saturated rings. The number of piperidine rings is 2. The fourth-order valence-electron chi connectivity index (χ4n) is 9.33. The van der Waals surface area contributed by atoms with Gasteiger partial charge in [0.05, 0.1) is 24.6 Å². The van der Waals surface area contributed by atoms with Crippen molar-refractivity contribution in [3.63, 3.8) is 0 Å². The average Bonchev–Trinajstić information content (AvgIpc) is 3.99. The van der Waals surface area contributed by atoms with Crippen molar-refractivity contribution >= 4 is 119 Å². The second kappa shape index (κ2) is 23.8. The first-order chi connectivity index (χ1) is 33.9. The number of nitrogens with two attached hydrogens (primary N) is 1. The van der Waals surface area contributed by atoms with Crippen molar-refractivity contribution in [3.8, 4) is 11.4 Å². The van der Waals surface area contributed by atoms with Crippen LogP contribution in [0.15, 0.2) is 97.1 Å². The van der Waals surface area contributed by atoms with Gasteiger partial charge in [0.25, 0.3) is 17.7 Å². The number of rotatable bonds is 10. The van der Waals surface area contributed by atoms with Crippen LogP contribution in [0.2, 0.25) is 0 Å². The lowest BCUT2D eigenvalue weighted by Crippen LogP contribution is -2.39. The van der Waals surface area contributed by atoms with Crippen LogP contribution >= 0.6 is 61.2 Å². The number of carbonyl (C=O) groups is 6. The largest absolute Gasteiger partial charge is 0.392 e. The zero-order chi connectivity index (χ0) is 49.6. The summed E-state index contributed by atoms with van der Waals surface area (Å²) in [7, 11) is 0. The Bertz CT molecular complexity index is 2740. The van der Waals surface area contributed by atoms with E-state index in [1.807, 2.05) is 48.5 Å². The number of hydrogen-bond donors (Lipinski definition) is 3. The Kier molecular flexibility index (Phi) is 17.8. The number of nitrogens with zero attached hydrogens (tertiary/aromatic N) is 8. The molecule has 0 aliphatic carbocycles. The minimum Gasteiger partial charge on any atom is -0.392 e. The quantitative estimate of drug-likeness (QED) is 0.0891. The van der Waals surface area contributed by atoms with E-state index in [0.717, 1.165) is 53.9 Å². The second-order valence-electron chi connectivity index (χ2n) is 17.2. The van der Waals surface area contributed by atoms with Crippen molar-refractivity contribution in [2.24, 2.45) is 5.73 Å². The number of aliphatic hydroxyl groups is 2. The van der Waals surface area contributed by atoms with Gasteiger partial charge in [-0.05, 0) is 122 Å². The molecule has 0 bridgehead atoms. The molecule has 370 valence electrons. The number of primary amides is 1. The summed E-state index contributed by atoms with van der Waals surface area (Å²) in [5.74, 6) is -1.13. The van der Waals surface area contributed by atoms with Crippen LogP contribution in [0, 0.1) is 0 Å². The SMILES string of the molecule is CC(=O)c1nn(-c2ccc(CO)cc2)c2c1CCN(c1ccc(N3CCCCC3=O)cc1)C2=O.I.II.NC(=O)c1nn(-c2ccc(CO)cc2)c2c1CCN(c1ccc(N3CCCCC3=O)cc1)C2=O. The van der Waals surface area contributed by atoms with E-state index >= 15 is 0 Å². The zero-order valence-corrected chi connectivity index (χ0v) is 45.4. The molecule has 0 atom stereocenters. The van der Waals surface area contributed by atoms with Crippen LogP contribution in [0.4, 0.5) is 22.7 Å². The van der Waals surface area contributed by atoms with Crippen LogP contribution in [0.1, 0.15) is 110 Å². The van der Waals surface area contributed by atoms with Gasteiger partial charge in [-0.1, -0.05) is 24.3 Å². The molecule has 0 spiro atoms. The molecular formula is C51H52I3N9O8. The molecule has 17 nitrogen and oxygen atoms in total. The van der Waals surface area contributed by atoms with E-state index in [1.54, 1.807) is 68.1 Å². The number of benzene rings is 4. The van der Waals surface area contributed by atoms with E-state index in [2.05, 4.69) is 47.4 Å². The van der Waals surface area contributed by atoms with E-state index in [1.165, 1.54) is 16.3 Å². The normalized spacial score (nSPS) is 15.5. The lowest BCUT2D eigenvalue weighted by Gasteiger charge is -2.29. The number of aromatic nitrogens is 4. The van der Waals surface area contributed by atoms with Crippen LogP contribution in [0.3, 0.4) is 0 Å². The summed E-state index contributed by atoms with van der Waals surface area (Å²) < 4.78 is 2.98. The lowest BCUT2D eigenvalue weighted by molar-refractivity contribution is -0.120. The summed E-state index contributed by atoms with van der Waals surface area (Å²) in [6, 6.07) is 28.9. The fraction of sp³-hybridized carbons (Fsp3) is 0.294. The number of hydrogen-bond acceptors (Lipinski definition) is 10. The van der Waals surface area contributed by atoms with Gasteiger partial charge in [0, 0.05) is 117 Å². The third kappa shape index (κ3) is 11.1. The highest BCUT2D eigenvalue weighted by molar-refractivity contribution is 15.0. The van der Waals surface area contributed by atoms with Gasteiger partial charge in [-0.3, -0.25) is 28.8 Å². The van der Waals surface area contributed by atoms with Gasteiger partial charge < -0.3 is 35.5 Å². The highest BCUT2D eigenvalue weighted by atomic mass is 128. The first kappa shape index (κ1) is 53.2. The van der Waals surface area contributed by atoms with Crippen LogP contribution in [-0.4, -0.2) is 91.3 Å². The number of fused-ring (bicyclic) bond motifs is 2. The molecule has 2 aromatic heterocycles. The molecule has 5 amide bonds. The van der Waals surface area contributed by atoms with E-state index in [0.29, 0.717) is 97.1 Å². The number of ketones is 1. The van der Waals surface area contributed by atoms with Crippen LogP contribution in [0.25, 0.3) is 11.4 Å². The standard InChI is InChI=1S/C26H26N4O4.C25H25N5O4.I2.HI/c1-17(32)24-22-13-15-29(20-11-9-19(10-12-20)28-14-3-2-4-23(28)33)26(34)25(22)30(27-24)21-7-5-18(16-31)6-8-21;26-24(33)22-20-12-14-29(18-10-8-17(9-11-18)28-13-2-1-3-21(28)32)25(34)23(20)30(27-22)19-6-4-16(15-31)5-7-19;1-2;/h5-12,31H,2-4,13-16H2,1H3;4-11,31H,1-3,12-15H2,(H2,26,33);;1H. The summed E-state index contributed by atoms with van der Waals surface area (Å²) in [5, 5.41) is 27.5. The van der Waals surface area contributed by atoms with Gasteiger partial charge in [-0.2, -0.15) is 10.2 Å². The van der Waals surface area contributed by atoms with Crippen molar-refractivity contribution in [3.05, 3.63) is 142 Å². The molecule has 0 unspecified atom stereocenters. The smallest absolute Gasteiger partial charge is 0.277 e. The molecule has 4 aliphatic heterocycles. The highest BCUT2D eigenvalue weighted by Crippen LogP contribution is 2.33. The first-order valence-corrected chi connectivity index (χ1v) is 29.3. The Morgan fingerprint density at radius 2 is 0.845 bits per heavy atom. The zero-order valence-electron chi connectivity index (χ0n) is 38.8. The summed E-state index contributed by atoms with van der Waals surface area (Å²) in [4.78, 5) is 83.0. The molecule has 6 aromatic rings. The Labute approximate surface area is 450 Å². The highest BCUT2D eigenvalue weighted by Gasteiger charge is 2.36. The maximum atomic E-state index is 13.7. The summed E-state index contributed by atoms with van der Waals surface area (Å²) in [6.45, 7) is 3.50. The summed E-state index contributed by atoms with van der Waals surface area (Å²) in [6.07, 6.45) is 5.88. The van der Waals surface area contributed by atoms with Gasteiger partial charge >= 0.3 is 0 Å². The predicted molar refractivity (Wildman–Crippen MR) is 297 cm³/mol. The molecule has 10 rings (SSSR count). The molecule has 4 aliphatic rings. The van der Waals surface area contributed by atoms with Crippen molar-refractivity contribution in [1.82, 2.24) is 19.6 Å². The minimum atomic E-state index is -0.682. The fourth-order valence-corrected chi connectivity index (χ4v) is 9.33. The van der Waals surface area contributed by atoms with Crippen LogP contribution < -0.4 is 25.3 Å². The van der Waals surface area contributed by atoms with Gasteiger partial charge in [0.15, 0.2) is 11.5 Å². The molecule has 4 aromatic carbocycles.